The molecule has 0 aromatic rings. The Morgan fingerprint density at radius 3 is 1.20 bits per heavy atom. The van der Waals surface area contributed by atoms with Crippen molar-refractivity contribution in [2.75, 3.05) is 0 Å². The topological polar surface area (TPSA) is 34.1 Å². The highest BCUT2D eigenvalue weighted by atomic mass is 19.4. The average Bonchev–Trinajstić information content (AvgIpc) is 2.42. The molecule has 148 valence electrons. The molecule has 0 aliphatic rings. The van der Waals surface area contributed by atoms with Gasteiger partial charge in [-0.05, 0) is 0 Å². The van der Waals surface area contributed by atoms with E-state index in [0.29, 0.717) is 0 Å². The number of halogens is 14. The summed E-state index contributed by atoms with van der Waals surface area (Å²) in [4.78, 5) is 21.1. The van der Waals surface area contributed by atoms with Gasteiger partial charge in [0.15, 0.2) is 0 Å². The van der Waals surface area contributed by atoms with Gasteiger partial charge in [0.2, 0.25) is 17.7 Å². The Morgan fingerprint density at radius 2 is 0.920 bits per heavy atom. The summed E-state index contributed by atoms with van der Waals surface area (Å²) in [6.45, 7) is 0. The molecule has 0 N–H and O–H groups in total. The summed E-state index contributed by atoms with van der Waals surface area (Å²) < 4.78 is 172. The first-order valence-electron chi connectivity index (χ1n) is 5.26. The lowest BCUT2D eigenvalue weighted by Crippen LogP contribution is -2.62. The number of carbonyl (C=O) groups excluding carboxylic acids is 2. The third-order valence-corrected chi connectivity index (χ3v) is 2.52. The smallest absolute Gasteiger partial charge is 0.289 e. The second-order valence-corrected chi connectivity index (χ2v) is 4.24. The summed E-state index contributed by atoms with van der Waals surface area (Å²) in [6, 6.07) is 0. The highest BCUT2D eigenvalue weighted by Crippen LogP contribution is 2.48. The molecule has 25 heavy (non-hydrogen) atoms. The highest BCUT2D eigenvalue weighted by molar-refractivity contribution is 6.11. The highest BCUT2D eigenvalue weighted by Gasteiger charge is 2.78. The molecule has 16 heteroatoms. The summed E-state index contributed by atoms with van der Waals surface area (Å²) >= 11 is 0. The number of Topliss-reactive ketones (excluding diaryl/α,β-unsaturated/α-hetero) is 2. The van der Waals surface area contributed by atoms with Gasteiger partial charge in [-0.1, -0.05) is 0 Å². The molecular formula is C9H2F14O2. The fraction of sp³-hybridized carbons (Fsp3) is 0.778. The van der Waals surface area contributed by atoms with Crippen molar-refractivity contribution in [2.24, 2.45) is 0 Å². The van der Waals surface area contributed by atoms with Crippen LogP contribution < -0.4 is 0 Å². The molecule has 0 amide bonds. The fourth-order valence-corrected chi connectivity index (χ4v) is 1.07. The zero-order valence-corrected chi connectivity index (χ0v) is 10.8. The van der Waals surface area contributed by atoms with Crippen molar-refractivity contribution in [3.8, 4) is 0 Å². The molecule has 2 nitrogen and oxygen atoms in total. The zero-order valence-electron chi connectivity index (χ0n) is 10.8. The van der Waals surface area contributed by atoms with Crippen LogP contribution in [0, 0.1) is 0 Å². The van der Waals surface area contributed by atoms with Gasteiger partial charge in [-0.3, -0.25) is 9.59 Å². The molecule has 0 aliphatic heterocycles. The lowest BCUT2D eigenvalue weighted by atomic mass is 9.95. The van der Waals surface area contributed by atoms with Gasteiger partial charge in [-0.2, -0.15) is 48.3 Å². The molecule has 0 heterocycles. The molecule has 0 radical (unpaired) electrons. The van der Waals surface area contributed by atoms with Crippen molar-refractivity contribution >= 4 is 11.6 Å². The third kappa shape index (κ3) is 3.51. The predicted molar refractivity (Wildman–Crippen MR) is 46.8 cm³/mol. The largest absolute Gasteiger partial charge is 0.460 e. The molecule has 0 aromatic carbocycles. The van der Waals surface area contributed by atoms with E-state index in [1.54, 1.807) is 0 Å². The molecule has 0 bridgehead atoms. The second-order valence-electron chi connectivity index (χ2n) is 4.24. The number of hydrogen-bond donors (Lipinski definition) is 0. The molecule has 0 saturated carbocycles. The second kappa shape index (κ2) is 6.26. The van der Waals surface area contributed by atoms with Gasteiger partial charge in [0.25, 0.3) is 0 Å². The van der Waals surface area contributed by atoms with Crippen molar-refractivity contribution < 1.29 is 71.1 Å². The summed E-state index contributed by atoms with van der Waals surface area (Å²) in [7, 11) is 0. The molecular weight excluding hydrogens is 406 g/mol. The average molecular weight is 408 g/mol. The quantitative estimate of drug-likeness (QED) is 0.474. The van der Waals surface area contributed by atoms with Crippen LogP contribution in [-0.2, 0) is 9.59 Å². The van der Waals surface area contributed by atoms with E-state index in [0.717, 1.165) is 0 Å². The van der Waals surface area contributed by atoms with Gasteiger partial charge in [0, 0.05) is 0 Å². The maximum Gasteiger partial charge on any atom is 0.460 e. The van der Waals surface area contributed by atoms with E-state index in [1.165, 1.54) is 0 Å². The van der Waals surface area contributed by atoms with Crippen LogP contribution in [0.4, 0.5) is 61.5 Å². The van der Waals surface area contributed by atoms with Crippen LogP contribution in [0.1, 0.15) is 0 Å². The van der Waals surface area contributed by atoms with E-state index < -0.39 is 54.0 Å². The molecule has 1 atom stereocenters. The zero-order chi connectivity index (χ0) is 20.8. The molecule has 0 fully saturated rings. The molecule has 0 aliphatic carbocycles. The van der Waals surface area contributed by atoms with Crippen molar-refractivity contribution in [3.63, 3.8) is 0 Å². The Labute approximate surface area is 126 Å². The van der Waals surface area contributed by atoms with Crippen LogP contribution in [0.2, 0.25) is 0 Å². The Kier molecular flexibility index (Phi) is 5.85. The standard InChI is InChI=1S/C9H2F14O2/c10-1(2(24)5(13,14)7(17,18)4(11)12)3(25)6(15,16)8(19,20)9(21,22)23/h1,4H. The number of alkyl halides is 14. The van der Waals surface area contributed by atoms with Gasteiger partial charge in [0.1, 0.15) is 0 Å². The first-order valence-corrected chi connectivity index (χ1v) is 5.26. The van der Waals surface area contributed by atoms with Crippen molar-refractivity contribution in [2.45, 2.75) is 42.5 Å². The van der Waals surface area contributed by atoms with E-state index in [9.17, 15) is 71.1 Å². The fourth-order valence-electron chi connectivity index (χ4n) is 1.07. The summed E-state index contributed by atoms with van der Waals surface area (Å²) in [5.41, 5.74) is 0. The molecule has 0 saturated heterocycles. The van der Waals surface area contributed by atoms with Crippen LogP contribution in [-0.4, -0.2) is 54.0 Å². The minimum absolute atomic E-state index is 4.35. The van der Waals surface area contributed by atoms with Crippen molar-refractivity contribution in [1.29, 1.82) is 0 Å². The van der Waals surface area contributed by atoms with E-state index >= 15 is 0 Å². The van der Waals surface area contributed by atoms with E-state index in [2.05, 4.69) is 0 Å². The molecule has 0 aromatic heterocycles. The summed E-state index contributed by atoms with van der Waals surface area (Å²) in [6.07, 6.45) is -18.0. The third-order valence-electron chi connectivity index (χ3n) is 2.52. The Bertz CT molecular complexity index is 533. The number of ketones is 2. The first-order chi connectivity index (χ1) is 10.7. The van der Waals surface area contributed by atoms with E-state index in [-0.39, 0.29) is 0 Å². The van der Waals surface area contributed by atoms with Gasteiger partial charge in [-0.25, -0.2) is 13.2 Å². The Morgan fingerprint density at radius 1 is 0.600 bits per heavy atom. The van der Waals surface area contributed by atoms with Crippen molar-refractivity contribution in [3.05, 3.63) is 0 Å². The van der Waals surface area contributed by atoms with E-state index in [1.807, 2.05) is 0 Å². The Hall–Kier alpha value is -1.64. The SMILES string of the molecule is O=C(C(F)C(=O)C(F)(F)C(F)(F)C(F)(F)F)C(F)(F)C(F)(F)C(F)F. The van der Waals surface area contributed by atoms with Crippen molar-refractivity contribution in [1.82, 2.24) is 0 Å². The Balaban J connectivity index is 5.88. The number of carbonyl (C=O) groups is 2. The number of rotatable bonds is 7. The number of hydrogen-bond acceptors (Lipinski definition) is 2. The molecule has 1 unspecified atom stereocenters. The minimum Gasteiger partial charge on any atom is -0.289 e. The lowest BCUT2D eigenvalue weighted by Gasteiger charge is -2.29. The van der Waals surface area contributed by atoms with Crippen LogP contribution in [0.15, 0.2) is 0 Å². The summed E-state index contributed by atoms with van der Waals surface area (Å²) in [5, 5.41) is 0. The van der Waals surface area contributed by atoms with E-state index in [4.69, 9.17) is 0 Å². The van der Waals surface area contributed by atoms with Crippen LogP contribution in [0.3, 0.4) is 0 Å². The summed E-state index contributed by atoms with van der Waals surface area (Å²) in [5.74, 6) is -37.0. The predicted octanol–water partition coefficient (Wildman–Crippen LogP) is 3.83. The van der Waals surface area contributed by atoms with Crippen LogP contribution in [0.5, 0.6) is 0 Å². The van der Waals surface area contributed by atoms with Gasteiger partial charge < -0.3 is 0 Å². The monoisotopic (exact) mass is 408 g/mol. The first kappa shape index (κ1) is 23.4. The molecule has 0 rings (SSSR count). The van der Waals surface area contributed by atoms with Gasteiger partial charge in [-0.15, -0.1) is 0 Å². The maximum atomic E-state index is 13.0. The van der Waals surface area contributed by atoms with Crippen LogP contribution >= 0.6 is 0 Å². The minimum atomic E-state index is -7.39. The van der Waals surface area contributed by atoms with Crippen LogP contribution in [0.25, 0.3) is 0 Å². The van der Waals surface area contributed by atoms with Gasteiger partial charge in [0.05, 0.1) is 0 Å². The maximum absolute atomic E-state index is 13.0. The normalized spacial score (nSPS) is 16.1. The lowest BCUT2D eigenvalue weighted by molar-refractivity contribution is -0.344. The van der Waals surface area contributed by atoms with Gasteiger partial charge >= 0.3 is 36.3 Å². The molecule has 0 spiro atoms.